The van der Waals surface area contributed by atoms with Crippen molar-refractivity contribution < 1.29 is 39.1 Å². The van der Waals surface area contributed by atoms with Crippen molar-refractivity contribution in [2.24, 2.45) is 17.6 Å². The van der Waals surface area contributed by atoms with Gasteiger partial charge in [0.05, 0.1) is 29.0 Å². The number of nitrogens with one attached hydrogen (secondary N) is 1. The molecule has 2 bridgehead atoms. The minimum atomic E-state index is -0.959. The predicted molar refractivity (Wildman–Crippen MR) is 149 cm³/mol. The molecule has 2 rings (SSSR count). The molecule has 11 heteroatoms. The quantitative estimate of drug-likeness (QED) is 0.203. The number of carbonyl (C=O) groups excluding carboxylic acids is 2. The first kappa shape index (κ1) is 32.4. The number of halogens is 1. The minimum absolute atomic E-state index is 0.0150. The Morgan fingerprint density at radius 3 is 2.36 bits per heavy atom. The van der Waals surface area contributed by atoms with Crippen LogP contribution in [-0.4, -0.2) is 66.0 Å². The Balaban J connectivity index is 2.56. The highest BCUT2D eigenvalue weighted by Gasteiger charge is 2.30. The number of aliphatic hydroxyl groups excluding tert-OH is 1. The second-order valence-corrected chi connectivity index (χ2v) is 10.6. The summed E-state index contributed by atoms with van der Waals surface area (Å²) in [6, 6.07) is 1.29. The molecule has 0 fully saturated rings. The zero-order chi connectivity index (χ0) is 29.4. The molecule has 0 unspecified atom stereocenters. The first-order valence-electron chi connectivity index (χ1n) is 12.9. The number of anilines is 1. The summed E-state index contributed by atoms with van der Waals surface area (Å²) >= 11 is 6.23. The second-order valence-electron chi connectivity index (χ2n) is 10.2. The number of aliphatic hydroxyl groups is 1. The average Bonchev–Trinajstić information content (AvgIpc) is 2.88. The van der Waals surface area contributed by atoms with Crippen LogP contribution >= 0.6 is 11.6 Å². The number of fused-ring (bicyclic) bond motifs is 2. The van der Waals surface area contributed by atoms with Gasteiger partial charge in [-0.15, -0.1) is 0 Å². The number of methoxy groups -OCH3 is 2. The zero-order valence-electron chi connectivity index (χ0n) is 23.4. The van der Waals surface area contributed by atoms with E-state index < -0.39 is 42.3 Å². The summed E-state index contributed by atoms with van der Waals surface area (Å²) in [5.41, 5.74) is 6.62. The number of primary amides is 1. The average molecular weight is 569 g/mol. The molecule has 10 nitrogen and oxygen atoms in total. The van der Waals surface area contributed by atoms with Gasteiger partial charge in [0.1, 0.15) is 11.5 Å². The third-order valence-electron chi connectivity index (χ3n) is 7.10. The minimum Gasteiger partial charge on any atom is -0.506 e. The van der Waals surface area contributed by atoms with Crippen LogP contribution in [0.2, 0.25) is 5.02 Å². The van der Waals surface area contributed by atoms with Crippen LogP contribution in [-0.2, 0) is 25.4 Å². The van der Waals surface area contributed by atoms with Gasteiger partial charge in [-0.3, -0.25) is 4.79 Å². The summed E-state index contributed by atoms with van der Waals surface area (Å²) < 4.78 is 16.6. The summed E-state index contributed by atoms with van der Waals surface area (Å²) in [6.07, 6.45) is 1.01. The number of ether oxygens (including phenoxy) is 3. The van der Waals surface area contributed by atoms with Crippen molar-refractivity contribution in [3.63, 3.8) is 0 Å². The van der Waals surface area contributed by atoms with E-state index >= 15 is 0 Å². The van der Waals surface area contributed by atoms with Crippen LogP contribution in [0.25, 0.3) is 0 Å². The Kier molecular flexibility index (Phi) is 12.1. The molecule has 6 N–H and O–H groups in total. The maximum atomic E-state index is 12.9. The van der Waals surface area contributed by atoms with E-state index in [4.69, 9.17) is 31.5 Å². The zero-order valence-corrected chi connectivity index (χ0v) is 24.1. The van der Waals surface area contributed by atoms with Gasteiger partial charge in [0.25, 0.3) is 5.91 Å². The van der Waals surface area contributed by atoms with E-state index in [-0.39, 0.29) is 40.1 Å². The number of phenolic OH excluding ortho intramolecular Hbond substituents is 2. The lowest BCUT2D eigenvalue weighted by atomic mass is 9.87. The monoisotopic (exact) mass is 568 g/mol. The van der Waals surface area contributed by atoms with Gasteiger partial charge in [-0.2, -0.15) is 0 Å². The SMILES string of the molecule is CO[C@H]1C[C@H](C)Cc2c(O)c(Cl)cc(c2O)NC(=O)/C(C)=C/CC[C@H](OC)[C@@H](OC(N)=O)/C(C)=C/[C@H](C)[C@H]1O. The molecule has 39 heavy (non-hydrogen) atoms. The van der Waals surface area contributed by atoms with Crippen LogP contribution in [0.3, 0.4) is 0 Å². The van der Waals surface area contributed by atoms with Crippen molar-refractivity contribution >= 4 is 29.3 Å². The fourth-order valence-corrected chi connectivity index (χ4v) is 5.10. The lowest BCUT2D eigenvalue weighted by Gasteiger charge is -2.30. The molecule has 0 saturated carbocycles. The third-order valence-corrected chi connectivity index (χ3v) is 7.39. The fourth-order valence-electron chi connectivity index (χ4n) is 4.88. The molecular formula is C28H41ClN2O8. The lowest BCUT2D eigenvalue weighted by Crippen LogP contribution is -2.37. The Labute approximate surface area is 234 Å². The van der Waals surface area contributed by atoms with Crippen molar-refractivity contribution in [1.82, 2.24) is 0 Å². The number of phenols is 2. The molecule has 1 aromatic rings. The third kappa shape index (κ3) is 8.60. The Bertz CT molecular complexity index is 1090. The molecule has 0 spiro atoms. The summed E-state index contributed by atoms with van der Waals surface area (Å²) in [4.78, 5) is 24.6. The molecule has 0 aromatic heterocycles. The van der Waals surface area contributed by atoms with E-state index in [1.807, 2.05) is 13.8 Å². The molecule has 1 heterocycles. The molecule has 6 atom stereocenters. The molecule has 0 aliphatic carbocycles. The van der Waals surface area contributed by atoms with E-state index in [9.17, 15) is 24.9 Å². The van der Waals surface area contributed by atoms with Crippen LogP contribution < -0.4 is 11.1 Å². The number of nitrogens with two attached hydrogens (primary N) is 1. The van der Waals surface area contributed by atoms with Crippen molar-refractivity contribution in [3.8, 4) is 11.5 Å². The Hall–Kier alpha value is -2.79. The van der Waals surface area contributed by atoms with E-state index in [1.54, 1.807) is 26.0 Å². The van der Waals surface area contributed by atoms with E-state index in [1.165, 1.54) is 20.3 Å². The van der Waals surface area contributed by atoms with Crippen molar-refractivity contribution in [2.45, 2.75) is 77.8 Å². The molecule has 218 valence electrons. The van der Waals surface area contributed by atoms with E-state index in [0.717, 1.165) is 0 Å². The highest BCUT2D eigenvalue weighted by molar-refractivity contribution is 6.32. The largest absolute Gasteiger partial charge is 0.506 e. The number of hydrogen-bond acceptors (Lipinski definition) is 8. The number of benzene rings is 1. The van der Waals surface area contributed by atoms with Gasteiger partial charge in [0.15, 0.2) is 6.10 Å². The van der Waals surface area contributed by atoms with Crippen molar-refractivity contribution in [2.75, 3.05) is 19.5 Å². The first-order valence-corrected chi connectivity index (χ1v) is 13.3. The number of allylic oxidation sites excluding steroid dienone is 1. The molecule has 0 saturated heterocycles. The Morgan fingerprint density at radius 2 is 1.77 bits per heavy atom. The highest BCUT2D eigenvalue weighted by Crippen LogP contribution is 2.42. The normalized spacial score (nSPS) is 30.4. The second kappa shape index (κ2) is 14.6. The molecule has 1 aliphatic heterocycles. The first-order chi connectivity index (χ1) is 18.3. The van der Waals surface area contributed by atoms with Gasteiger partial charge in [-0.05, 0) is 57.1 Å². The Morgan fingerprint density at radius 1 is 1.13 bits per heavy atom. The van der Waals surface area contributed by atoms with Gasteiger partial charge in [0, 0.05) is 31.3 Å². The molecule has 2 amide bonds. The van der Waals surface area contributed by atoms with E-state index in [2.05, 4.69) is 5.32 Å². The topological polar surface area (TPSA) is 161 Å². The van der Waals surface area contributed by atoms with E-state index in [0.29, 0.717) is 30.4 Å². The van der Waals surface area contributed by atoms with Crippen molar-refractivity contribution in [1.29, 1.82) is 0 Å². The fraction of sp³-hybridized carbons (Fsp3) is 0.571. The van der Waals surface area contributed by atoms with Gasteiger partial charge in [0.2, 0.25) is 0 Å². The standard InChI is InChI=1S/C28H41ClN2O8/c1-14-10-18-24(33)19(29)13-20(25(18)34)31-27(35)15(2)8-7-9-21(37-5)26(39-28(30)36)17(4)12-16(3)23(32)22(11-14)38-6/h8,12-14,16,21-23,26,32-34H,7,9-11H2,1-6H3,(H2,30,36)(H,31,35)/b15-8+,17-12+/t14-,16+,21+,22+,23-,26+/m1/s1. The van der Waals surface area contributed by atoms with Gasteiger partial charge < -0.3 is 40.6 Å². The lowest BCUT2D eigenvalue weighted by molar-refractivity contribution is -0.112. The molecule has 0 radical (unpaired) electrons. The summed E-state index contributed by atoms with van der Waals surface area (Å²) in [5, 5.41) is 35.3. The van der Waals surface area contributed by atoms with Gasteiger partial charge in [-0.25, -0.2) is 4.79 Å². The van der Waals surface area contributed by atoms with Crippen LogP contribution in [0, 0.1) is 11.8 Å². The highest BCUT2D eigenvalue weighted by atomic mass is 35.5. The molecular weight excluding hydrogens is 528 g/mol. The number of carbonyl (C=O) groups is 2. The molecule has 1 aliphatic rings. The predicted octanol–water partition coefficient (Wildman–Crippen LogP) is 4.44. The maximum absolute atomic E-state index is 12.9. The van der Waals surface area contributed by atoms with Gasteiger partial charge in [-0.1, -0.05) is 37.6 Å². The van der Waals surface area contributed by atoms with Crippen LogP contribution in [0.5, 0.6) is 11.5 Å². The van der Waals surface area contributed by atoms with Crippen LogP contribution in [0.1, 0.15) is 52.5 Å². The van der Waals surface area contributed by atoms with Crippen molar-refractivity contribution in [3.05, 3.63) is 40.0 Å². The summed E-state index contributed by atoms with van der Waals surface area (Å²) in [5.74, 6) is -1.59. The van der Waals surface area contributed by atoms with Gasteiger partial charge >= 0.3 is 6.09 Å². The molecule has 1 aromatic carbocycles. The number of aromatic hydroxyl groups is 2. The van der Waals surface area contributed by atoms with Crippen LogP contribution in [0.15, 0.2) is 29.4 Å². The van der Waals surface area contributed by atoms with Crippen LogP contribution in [0.4, 0.5) is 10.5 Å². The maximum Gasteiger partial charge on any atom is 0.405 e. The smallest absolute Gasteiger partial charge is 0.405 e. The number of hydrogen-bond donors (Lipinski definition) is 5. The number of rotatable bonds is 3. The summed E-state index contributed by atoms with van der Waals surface area (Å²) in [7, 11) is 2.99. The summed E-state index contributed by atoms with van der Waals surface area (Å²) in [6.45, 7) is 7.10. The number of amides is 2.